The molecular formula is C6H8O4. The van der Waals surface area contributed by atoms with Crippen LogP contribution in [0.3, 0.4) is 0 Å². The normalized spacial score (nSPS) is 27.1. The maximum absolute atomic E-state index is 10.7. The summed E-state index contributed by atoms with van der Waals surface area (Å²) in [6, 6.07) is 0. The number of hydrogen-bond acceptors (Lipinski definition) is 4. The van der Waals surface area contributed by atoms with Crippen molar-refractivity contribution in [3.63, 3.8) is 0 Å². The van der Waals surface area contributed by atoms with Crippen molar-refractivity contribution in [2.45, 2.75) is 12.5 Å². The van der Waals surface area contributed by atoms with Gasteiger partial charge in [0, 0.05) is 6.42 Å². The topological polar surface area (TPSA) is 63.6 Å². The third-order valence-electron chi connectivity index (χ3n) is 1.38. The van der Waals surface area contributed by atoms with E-state index in [1.165, 1.54) is 0 Å². The monoisotopic (exact) mass is 144 g/mol. The summed E-state index contributed by atoms with van der Waals surface area (Å²) in [5, 5.41) is 8.48. The predicted molar refractivity (Wildman–Crippen MR) is 31.5 cm³/mol. The fraction of sp³-hybridized carbons (Fsp3) is 0.667. The number of aliphatic hydroxyl groups excluding tert-OH is 1. The van der Waals surface area contributed by atoms with Crippen molar-refractivity contribution >= 4 is 11.6 Å². The number of aliphatic hydroxyl groups is 1. The van der Waals surface area contributed by atoms with E-state index < -0.39 is 24.3 Å². The van der Waals surface area contributed by atoms with Gasteiger partial charge < -0.3 is 9.84 Å². The fourth-order valence-electron chi connectivity index (χ4n) is 0.808. The standard InChI is InChI=1S/C6H8O4/c7-3-5-6(9)4(8)1-2-10-5/h5,7H,1-3H2/t5-/m1/s1. The highest BCUT2D eigenvalue weighted by molar-refractivity contribution is 6.39. The number of carbonyl (C=O) groups excluding carboxylic acids is 2. The van der Waals surface area contributed by atoms with Gasteiger partial charge in [-0.25, -0.2) is 0 Å². The van der Waals surface area contributed by atoms with E-state index >= 15 is 0 Å². The van der Waals surface area contributed by atoms with E-state index in [1.807, 2.05) is 0 Å². The van der Waals surface area contributed by atoms with Gasteiger partial charge in [0.05, 0.1) is 13.2 Å². The maximum atomic E-state index is 10.7. The Morgan fingerprint density at radius 1 is 1.60 bits per heavy atom. The zero-order valence-corrected chi connectivity index (χ0v) is 5.37. The van der Waals surface area contributed by atoms with Gasteiger partial charge in [0.15, 0.2) is 0 Å². The van der Waals surface area contributed by atoms with Crippen molar-refractivity contribution < 1.29 is 19.4 Å². The van der Waals surface area contributed by atoms with E-state index in [1.54, 1.807) is 0 Å². The van der Waals surface area contributed by atoms with E-state index in [-0.39, 0.29) is 13.0 Å². The summed E-state index contributed by atoms with van der Waals surface area (Å²) in [4.78, 5) is 21.3. The first-order chi connectivity index (χ1) is 4.75. The fourth-order valence-corrected chi connectivity index (χ4v) is 0.808. The van der Waals surface area contributed by atoms with Crippen LogP contribution in [-0.2, 0) is 14.3 Å². The molecule has 0 saturated carbocycles. The summed E-state index contributed by atoms with van der Waals surface area (Å²) in [5.74, 6) is -1.04. The van der Waals surface area contributed by atoms with Gasteiger partial charge in [-0.1, -0.05) is 0 Å². The number of carbonyl (C=O) groups is 2. The Labute approximate surface area is 57.8 Å². The Kier molecular flexibility index (Phi) is 2.13. The molecule has 1 saturated heterocycles. The van der Waals surface area contributed by atoms with Gasteiger partial charge in [-0.15, -0.1) is 0 Å². The van der Waals surface area contributed by atoms with Crippen LogP contribution in [0.25, 0.3) is 0 Å². The SMILES string of the molecule is O=C1CCO[C@H](CO)C1=O. The first-order valence-corrected chi connectivity index (χ1v) is 3.05. The molecule has 1 rings (SSSR count). The molecular weight excluding hydrogens is 136 g/mol. The summed E-state index contributed by atoms with van der Waals surface area (Å²) in [6.45, 7) is -0.152. The molecule has 1 heterocycles. The van der Waals surface area contributed by atoms with Crippen LogP contribution in [-0.4, -0.2) is 36.0 Å². The van der Waals surface area contributed by atoms with Gasteiger partial charge in [-0.2, -0.15) is 0 Å². The molecule has 0 radical (unpaired) electrons. The zero-order valence-electron chi connectivity index (χ0n) is 5.37. The molecule has 0 unspecified atom stereocenters. The molecule has 10 heavy (non-hydrogen) atoms. The highest BCUT2D eigenvalue weighted by Gasteiger charge is 2.29. The minimum atomic E-state index is -0.902. The van der Waals surface area contributed by atoms with Crippen LogP contribution in [0.15, 0.2) is 0 Å². The Hall–Kier alpha value is -0.740. The smallest absolute Gasteiger partial charge is 0.229 e. The summed E-state index contributed by atoms with van der Waals surface area (Å²) in [7, 11) is 0. The van der Waals surface area contributed by atoms with Crippen molar-refractivity contribution in [2.24, 2.45) is 0 Å². The summed E-state index contributed by atoms with van der Waals surface area (Å²) < 4.78 is 4.79. The van der Waals surface area contributed by atoms with Gasteiger partial charge in [-0.3, -0.25) is 9.59 Å². The molecule has 1 aliphatic rings. The number of Topliss-reactive ketones (excluding diaryl/α,β-unsaturated/α-hetero) is 2. The van der Waals surface area contributed by atoms with Crippen LogP contribution in [0, 0.1) is 0 Å². The molecule has 1 fully saturated rings. The maximum Gasteiger partial charge on any atom is 0.229 e. The van der Waals surface area contributed by atoms with Crippen molar-refractivity contribution in [1.82, 2.24) is 0 Å². The third kappa shape index (κ3) is 1.22. The molecule has 1 atom stereocenters. The van der Waals surface area contributed by atoms with Crippen molar-refractivity contribution in [1.29, 1.82) is 0 Å². The minimum absolute atomic E-state index is 0.148. The molecule has 0 aromatic heterocycles. The number of ether oxygens (including phenoxy) is 1. The molecule has 4 heteroatoms. The van der Waals surface area contributed by atoms with E-state index in [0.29, 0.717) is 0 Å². The van der Waals surface area contributed by atoms with Crippen LogP contribution in [0.4, 0.5) is 0 Å². The molecule has 1 aliphatic heterocycles. The summed E-state index contributed by atoms with van der Waals surface area (Å²) >= 11 is 0. The second-order valence-electron chi connectivity index (χ2n) is 2.08. The molecule has 1 N–H and O–H groups in total. The largest absolute Gasteiger partial charge is 0.393 e. The molecule has 0 aromatic carbocycles. The molecule has 0 bridgehead atoms. The second-order valence-corrected chi connectivity index (χ2v) is 2.08. The van der Waals surface area contributed by atoms with Gasteiger partial charge >= 0.3 is 0 Å². The number of hydrogen-bond donors (Lipinski definition) is 1. The van der Waals surface area contributed by atoms with Gasteiger partial charge in [0.2, 0.25) is 11.6 Å². The molecule has 4 nitrogen and oxygen atoms in total. The lowest BCUT2D eigenvalue weighted by molar-refractivity contribution is -0.151. The Morgan fingerprint density at radius 3 is 2.80 bits per heavy atom. The third-order valence-corrected chi connectivity index (χ3v) is 1.38. The van der Waals surface area contributed by atoms with Crippen molar-refractivity contribution in [2.75, 3.05) is 13.2 Å². The Balaban J connectivity index is 2.60. The molecule has 0 aromatic rings. The second kappa shape index (κ2) is 2.90. The number of ketones is 2. The Morgan fingerprint density at radius 2 is 2.30 bits per heavy atom. The van der Waals surface area contributed by atoms with Gasteiger partial charge in [-0.05, 0) is 0 Å². The number of rotatable bonds is 1. The van der Waals surface area contributed by atoms with Crippen LogP contribution >= 0.6 is 0 Å². The van der Waals surface area contributed by atoms with Crippen LogP contribution < -0.4 is 0 Å². The van der Waals surface area contributed by atoms with Crippen LogP contribution in [0.5, 0.6) is 0 Å². The zero-order chi connectivity index (χ0) is 7.56. The highest BCUT2D eigenvalue weighted by atomic mass is 16.5. The van der Waals surface area contributed by atoms with E-state index in [2.05, 4.69) is 0 Å². The molecule has 56 valence electrons. The lowest BCUT2D eigenvalue weighted by atomic mass is 10.1. The molecule has 0 spiro atoms. The van der Waals surface area contributed by atoms with E-state index in [4.69, 9.17) is 9.84 Å². The first-order valence-electron chi connectivity index (χ1n) is 3.05. The average Bonchev–Trinajstić information content (AvgIpc) is 1.95. The van der Waals surface area contributed by atoms with Gasteiger partial charge in [0.25, 0.3) is 0 Å². The lowest BCUT2D eigenvalue weighted by Gasteiger charge is -2.17. The minimum Gasteiger partial charge on any atom is -0.393 e. The molecule has 0 aliphatic carbocycles. The quantitative estimate of drug-likeness (QED) is 0.475. The summed E-state index contributed by atoms with van der Waals surface area (Å²) in [6.07, 6.45) is -0.753. The van der Waals surface area contributed by atoms with Crippen LogP contribution in [0.1, 0.15) is 6.42 Å². The first kappa shape index (κ1) is 7.37. The van der Waals surface area contributed by atoms with Crippen molar-refractivity contribution in [3.8, 4) is 0 Å². The van der Waals surface area contributed by atoms with Crippen molar-refractivity contribution in [3.05, 3.63) is 0 Å². The van der Waals surface area contributed by atoms with Crippen LogP contribution in [0.2, 0.25) is 0 Å². The van der Waals surface area contributed by atoms with Gasteiger partial charge in [0.1, 0.15) is 6.10 Å². The van der Waals surface area contributed by atoms with E-state index in [0.717, 1.165) is 0 Å². The molecule has 0 amide bonds. The summed E-state index contributed by atoms with van der Waals surface area (Å²) in [5.41, 5.74) is 0. The predicted octanol–water partition coefficient (Wildman–Crippen LogP) is -1.09. The van der Waals surface area contributed by atoms with E-state index in [9.17, 15) is 9.59 Å². The highest BCUT2D eigenvalue weighted by Crippen LogP contribution is 2.04. The Bertz CT molecular complexity index is 163. The lowest BCUT2D eigenvalue weighted by Crippen LogP contribution is -2.39. The average molecular weight is 144 g/mol.